The van der Waals surface area contributed by atoms with Crippen LogP contribution in [-0.2, 0) is 4.79 Å². The van der Waals surface area contributed by atoms with Crippen LogP contribution < -0.4 is 4.74 Å². The Morgan fingerprint density at radius 1 is 1.26 bits per heavy atom. The topological polar surface area (TPSA) is 42.4 Å². The monoisotopic (exact) mass is 400 g/mol. The van der Waals surface area contributed by atoms with Crippen LogP contribution in [0.15, 0.2) is 48.5 Å². The first-order valence-electron chi connectivity index (χ1n) is 9.16. The fourth-order valence-electron chi connectivity index (χ4n) is 3.47. The molecule has 1 fully saturated rings. The van der Waals surface area contributed by atoms with Gasteiger partial charge in [-0.1, -0.05) is 23.7 Å². The molecule has 0 aliphatic carbocycles. The summed E-state index contributed by atoms with van der Waals surface area (Å²) in [7, 11) is 0. The summed E-state index contributed by atoms with van der Waals surface area (Å²) in [4.78, 5) is 19.6. The molecule has 2 atom stereocenters. The molecule has 0 spiro atoms. The van der Waals surface area contributed by atoms with E-state index in [-0.39, 0.29) is 5.91 Å². The number of nitrogens with zero attached hydrogens (tertiary/aromatic N) is 2. The first-order chi connectivity index (χ1) is 13.1. The number of piperidine rings is 1. The van der Waals surface area contributed by atoms with E-state index >= 15 is 0 Å². The maximum absolute atomic E-state index is 12.9. The standard InChI is InChI=1S/C21H21ClN2O2S/c1-14(26-17-10-8-16(22)9-11-17)21(25)24-12-4-5-15(13-24)20-23-18-6-2-3-7-19(18)27-20/h2-3,6-11,14-15H,4-5,12-13H2,1H3/t14-,15-/m1/s1. The number of rotatable bonds is 4. The zero-order valence-corrected chi connectivity index (χ0v) is 16.7. The van der Waals surface area contributed by atoms with Gasteiger partial charge in [0.25, 0.3) is 5.91 Å². The number of ether oxygens (including phenoxy) is 1. The SMILES string of the molecule is C[C@@H](Oc1ccc(Cl)cc1)C(=O)N1CCC[C@@H](c2nc3ccccc3s2)C1. The Bertz CT molecular complexity index is 908. The number of hydrogen-bond acceptors (Lipinski definition) is 4. The molecule has 0 bridgehead atoms. The Hall–Kier alpha value is -2.11. The lowest BCUT2D eigenvalue weighted by molar-refractivity contribution is -0.139. The molecule has 3 aromatic rings. The highest BCUT2D eigenvalue weighted by atomic mass is 35.5. The Labute approximate surface area is 167 Å². The van der Waals surface area contributed by atoms with Gasteiger partial charge in [0.15, 0.2) is 6.10 Å². The van der Waals surface area contributed by atoms with Crippen molar-refractivity contribution in [1.29, 1.82) is 0 Å². The van der Waals surface area contributed by atoms with E-state index in [0.717, 1.165) is 29.9 Å². The molecule has 1 amide bonds. The summed E-state index contributed by atoms with van der Waals surface area (Å²) in [5.41, 5.74) is 1.04. The van der Waals surface area contributed by atoms with Crippen molar-refractivity contribution < 1.29 is 9.53 Å². The Balaban J connectivity index is 1.43. The molecule has 0 N–H and O–H groups in total. The molecular formula is C21H21ClN2O2S. The first-order valence-corrected chi connectivity index (χ1v) is 10.4. The third kappa shape index (κ3) is 4.09. The van der Waals surface area contributed by atoms with Gasteiger partial charge in [0.1, 0.15) is 5.75 Å². The van der Waals surface area contributed by atoms with Gasteiger partial charge in [0, 0.05) is 24.0 Å². The van der Waals surface area contributed by atoms with Crippen molar-refractivity contribution in [3.63, 3.8) is 0 Å². The van der Waals surface area contributed by atoms with Crippen LogP contribution in [0.5, 0.6) is 5.75 Å². The van der Waals surface area contributed by atoms with Gasteiger partial charge in [-0.05, 0) is 56.2 Å². The number of para-hydroxylation sites is 1. The van der Waals surface area contributed by atoms with Gasteiger partial charge in [0.05, 0.1) is 15.2 Å². The molecular weight excluding hydrogens is 380 g/mol. The van der Waals surface area contributed by atoms with Gasteiger partial charge in [0.2, 0.25) is 0 Å². The van der Waals surface area contributed by atoms with Crippen molar-refractivity contribution in [2.45, 2.75) is 31.8 Å². The highest BCUT2D eigenvalue weighted by Crippen LogP contribution is 2.33. The van der Waals surface area contributed by atoms with Gasteiger partial charge in [-0.2, -0.15) is 0 Å². The van der Waals surface area contributed by atoms with Crippen molar-refractivity contribution in [3.8, 4) is 5.75 Å². The minimum Gasteiger partial charge on any atom is -0.481 e. The summed E-state index contributed by atoms with van der Waals surface area (Å²) in [6, 6.07) is 15.3. The third-order valence-electron chi connectivity index (χ3n) is 4.87. The van der Waals surface area contributed by atoms with Crippen LogP contribution in [-0.4, -0.2) is 35.0 Å². The van der Waals surface area contributed by atoms with Crippen molar-refractivity contribution in [1.82, 2.24) is 9.88 Å². The highest BCUT2D eigenvalue weighted by molar-refractivity contribution is 7.18. The second kappa shape index (κ2) is 7.87. The summed E-state index contributed by atoms with van der Waals surface area (Å²) in [6.07, 6.45) is 1.52. The number of amides is 1. The van der Waals surface area contributed by atoms with Gasteiger partial charge in [-0.3, -0.25) is 4.79 Å². The second-order valence-electron chi connectivity index (χ2n) is 6.86. The van der Waals surface area contributed by atoms with Gasteiger partial charge < -0.3 is 9.64 Å². The molecule has 1 aromatic heterocycles. The number of thiazole rings is 1. The van der Waals surface area contributed by atoms with Crippen LogP contribution in [0.1, 0.15) is 30.7 Å². The molecule has 2 aromatic carbocycles. The summed E-state index contributed by atoms with van der Waals surface area (Å²) in [5, 5.41) is 1.77. The Morgan fingerprint density at radius 3 is 2.81 bits per heavy atom. The number of fused-ring (bicyclic) bond motifs is 1. The highest BCUT2D eigenvalue weighted by Gasteiger charge is 2.30. The average Bonchev–Trinajstić information content (AvgIpc) is 3.13. The van der Waals surface area contributed by atoms with E-state index in [1.54, 1.807) is 42.5 Å². The number of carbonyl (C=O) groups is 1. The van der Waals surface area contributed by atoms with Crippen LogP contribution in [0.3, 0.4) is 0 Å². The molecule has 1 saturated heterocycles. The van der Waals surface area contributed by atoms with E-state index in [1.807, 2.05) is 23.1 Å². The van der Waals surface area contributed by atoms with Gasteiger partial charge in [-0.25, -0.2) is 4.98 Å². The number of carbonyl (C=O) groups excluding carboxylic acids is 1. The molecule has 140 valence electrons. The molecule has 0 unspecified atom stereocenters. The van der Waals surface area contributed by atoms with Crippen LogP contribution in [0.4, 0.5) is 0 Å². The lowest BCUT2D eigenvalue weighted by Gasteiger charge is -2.33. The van der Waals surface area contributed by atoms with Crippen LogP contribution in [0.25, 0.3) is 10.2 Å². The maximum atomic E-state index is 12.9. The van der Waals surface area contributed by atoms with Crippen molar-refractivity contribution >= 4 is 39.1 Å². The summed E-state index contributed by atoms with van der Waals surface area (Å²) < 4.78 is 7.01. The smallest absolute Gasteiger partial charge is 0.263 e. The average molecular weight is 401 g/mol. The maximum Gasteiger partial charge on any atom is 0.263 e. The molecule has 0 radical (unpaired) electrons. The predicted molar refractivity (Wildman–Crippen MR) is 110 cm³/mol. The fourth-order valence-corrected chi connectivity index (χ4v) is 4.69. The molecule has 1 aliphatic rings. The summed E-state index contributed by atoms with van der Waals surface area (Å²) in [5.74, 6) is 0.971. The Morgan fingerprint density at radius 2 is 2.04 bits per heavy atom. The second-order valence-corrected chi connectivity index (χ2v) is 8.36. The molecule has 4 nitrogen and oxygen atoms in total. The predicted octanol–water partition coefficient (Wildman–Crippen LogP) is 5.12. The zero-order chi connectivity index (χ0) is 18.8. The minimum atomic E-state index is -0.528. The molecule has 2 heterocycles. The molecule has 6 heteroatoms. The Kier molecular flexibility index (Phi) is 5.32. The quantitative estimate of drug-likeness (QED) is 0.610. The molecule has 4 rings (SSSR count). The number of hydrogen-bond donors (Lipinski definition) is 0. The number of halogens is 1. The third-order valence-corrected chi connectivity index (χ3v) is 6.32. The lowest BCUT2D eigenvalue weighted by Crippen LogP contribution is -2.45. The van der Waals surface area contributed by atoms with Crippen LogP contribution in [0, 0.1) is 0 Å². The summed E-state index contributed by atoms with van der Waals surface area (Å²) >= 11 is 7.64. The van der Waals surface area contributed by atoms with Gasteiger partial charge in [-0.15, -0.1) is 11.3 Å². The van der Waals surface area contributed by atoms with Crippen LogP contribution in [0.2, 0.25) is 5.02 Å². The van der Waals surface area contributed by atoms with E-state index in [2.05, 4.69) is 6.07 Å². The van der Waals surface area contributed by atoms with Crippen LogP contribution >= 0.6 is 22.9 Å². The van der Waals surface area contributed by atoms with Crippen molar-refractivity contribution in [2.75, 3.05) is 13.1 Å². The van der Waals surface area contributed by atoms with E-state index in [0.29, 0.717) is 23.2 Å². The van der Waals surface area contributed by atoms with Crippen molar-refractivity contribution in [3.05, 3.63) is 58.6 Å². The van der Waals surface area contributed by atoms with Gasteiger partial charge >= 0.3 is 0 Å². The summed E-state index contributed by atoms with van der Waals surface area (Å²) in [6.45, 7) is 3.28. The minimum absolute atomic E-state index is 0.0239. The lowest BCUT2D eigenvalue weighted by atomic mass is 9.98. The van der Waals surface area contributed by atoms with Crippen molar-refractivity contribution in [2.24, 2.45) is 0 Å². The zero-order valence-electron chi connectivity index (χ0n) is 15.1. The van der Waals surface area contributed by atoms with E-state index in [9.17, 15) is 4.79 Å². The largest absolute Gasteiger partial charge is 0.481 e. The number of benzene rings is 2. The molecule has 1 aliphatic heterocycles. The van der Waals surface area contributed by atoms with E-state index in [1.165, 1.54) is 4.70 Å². The van der Waals surface area contributed by atoms with E-state index < -0.39 is 6.10 Å². The number of likely N-dealkylation sites (tertiary alicyclic amines) is 1. The molecule has 0 saturated carbocycles. The first kappa shape index (κ1) is 18.3. The molecule has 27 heavy (non-hydrogen) atoms. The normalized spacial score (nSPS) is 18.4. The van der Waals surface area contributed by atoms with E-state index in [4.69, 9.17) is 21.3 Å². The number of aromatic nitrogens is 1. The fraction of sp³-hybridized carbons (Fsp3) is 0.333.